The maximum atomic E-state index is 6.32. The number of hydrogen-bond acceptors (Lipinski definition) is 7. The highest BCUT2D eigenvalue weighted by molar-refractivity contribution is 7.16. The summed E-state index contributed by atoms with van der Waals surface area (Å²) >= 11 is 8.05. The Kier molecular flexibility index (Phi) is 5.29. The van der Waals surface area contributed by atoms with Gasteiger partial charge in [-0.1, -0.05) is 11.6 Å². The Bertz CT molecular complexity index is 557. The van der Waals surface area contributed by atoms with E-state index >= 15 is 0 Å². The first kappa shape index (κ1) is 17.0. The fraction of sp³-hybridized carbons (Fsp3) is 0.750. The first-order valence-electron chi connectivity index (χ1n) is 8.70. The van der Waals surface area contributed by atoms with Crippen LogP contribution in [-0.2, 0) is 11.3 Å². The molecule has 134 valence electrons. The van der Waals surface area contributed by atoms with Crippen LogP contribution >= 0.6 is 22.9 Å². The Labute approximate surface area is 153 Å². The molecule has 0 aromatic carbocycles. The average molecular weight is 372 g/mol. The van der Waals surface area contributed by atoms with E-state index in [1.54, 1.807) is 11.3 Å². The molecule has 0 spiro atoms. The number of piperazine rings is 1. The Balaban J connectivity index is 1.47. The van der Waals surface area contributed by atoms with Gasteiger partial charge in [-0.25, -0.2) is 5.01 Å². The van der Waals surface area contributed by atoms with Gasteiger partial charge in [0.25, 0.3) is 0 Å². The van der Waals surface area contributed by atoms with Gasteiger partial charge in [0, 0.05) is 50.7 Å². The largest absolute Gasteiger partial charge is 0.379 e. The summed E-state index contributed by atoms with van der Waals surface area (Å²) in [7, 11) is 2.21. The zero-order valence-electron chi connectivity index (χ0n) is 14.3. The van der Waals surface area contributed by atoms with E-state index in [1.807, 2.05) is 0 Å². The van der Waals surface area contributed by atoms with Crippen molar-refractivity contribution in [1.82, 2.24) is 19.7 Å². The number of morpholine rings is 1. The van der Waals surface area contributed by atoms with Crippen molar-refractivity contribution in [2.75, 3.05) is 77.9 Å². The number of fused-ring (bicyclic) bond motifs is 1. The highest BCUT2D eigenvalue weighted by Crippen LogP contribution is 2.38. The molecule has 0 aliphatic carbocycles. The lowest BCUT2D eigenvalue weighted by Gasteiger charge is -2.45. The van der Waals surface area contributed by atoms with Crippen LogP contribution in [0.3, 0.4) is 0 Å². The molecule has 4 rings (SSSR count). The van der Waals surface area contributed by atoms with Gasteiger partial charge in [-0.15, -0.1) is 11.3 Å². The minimum Gasteiger partial charge on any atom is -0.379 e. The van der Waals surface area contributed by atoms with Crippen molar-refractivity contribution in [3.05, 3.63) is 15.3 Å². The number of hydrogen-bond donors (Lipinski definition) is 0. The van der Waals surface area contributed by atoms with E-state index in [4.69, 9.17) is 16.3 Å². The molecule has 3 aliphatic rings. The van der Waals surface area contributed by atoms with Gasteiger partial charge in [-0.05, 0) is 13.1 Å². The Morgan fingerprint density at radius 3 is 2.58 bits per heavy atom. The Morgan fingerprint density at radius 1 is 1.08 bits per heavy atom. The lowest BCUT2D eigenvalue weighted by molar-refractivity contribution is 0.0126. The lowest BCUT2D eigenvalue weighted by Crippen LogP contribution is -2.57. The molecular formula is C16H26ClN5OS. The molecule has 0 atom stereocenters. The van der Waals surface area contributed by atoms with Gasteiger partial charge in [-0.2, -0.15) is 0 Å². The van der Waals surface area contributed by atoms with Crippen molar-refractivity contribution in [2.45, 2.75) is 6.54 Å². The third kappa shape index (κ3) is 3.72. The molecule has 0 radical (unpaired) electrons. The first-order valence-corrected chi connectivity index (χ1v) is 9.90. The maximum absolute atomic E-state index is 6.32. The van der Waals surface area contributed by atoms with Crippen molar-refractivity contribution in [3.63, 3.8) is 0 Å². The molecule has 0 N–H and O–H groups in total. The molecule has 1 aromatic heterocycles. The van der Waals surface area contributed by atoms with Gasteiger partial charge in [0.15, 0.2) is 0 Å². The fourth-order valence-corrected chi connectivity index (χ4v) is 4.95. The molecule has 2 saturated heterocycles. The number of likely N-dealkylation sites (N-methyl/N-ethyl adjacent to an activating group) is 1. The van der Waals surface area contributed by atoms with Crippen LogP contribution in [-0.4, -0.2) is 92.6 Å². The Morgan fingerprint density at radius 2 is 1.83 bits per heavy atom. The highest BCUT2D eigenvalue weighted by atomic mass is 35.5. The molecule has 0 amide bonds. The van der Waals surface area contributed by atoms with E-state index in [9.17, 15) is 0 Å². The van der Waals surface area contributed by atoms with Crippen LogP contribution in [0.15, 0.2) is 6.07 Å². The van der Waals surface area contributed by atoms with Crippen LogP contribution < -0.4 is 5.01 Å². The molecule has 0 unspecified atom stereocenters. The molecular weight excluding hydrogens is 346 g/mol. The number of nitrogens with zero attached hydrogens (tertiary/aromatic N) is 5. The summed E-state index contributed by atoms with van der Waals surface area (Å²) in [5.74, 6) is 0. The van der Waals surface area contributed by atoms with Gasteiger partial charge >= 0.3 is 0 Å². The molecule has 6 nitrogen and oxygen atoms in total. The van der Waals surface area contributed by atoms with Crippen molar-refractivity contribution in [3.8, 4) is 0 Å². The highest BCUT2D eigenvalue weighted by Gasteiger charge is 2.30. The normalized spacial score (nSPS) is 25.2. The molecule has 2 fully saturated rings. The van der Waals surface area contributed by atoms with E-state index < -0.39 is 0 Å². The van der Waals surface area contributed by atoms with E-state index in [0.717, 1.165) is 76.7 Å². The average Bonchev–Trinajstić information content (AvgIpc) is 2.97. The summed E-state index contributed by atoms with van der Waals surface area (Å²) < 4.78 is 6.41. The van der Waals surface area contributed by atoms with Gasteiger partial charge in [0.05, 0.1) is 36.6 Å². The van der Waals surface area contributed by atoms with Crippen LogP contribution in [0.2, 0.25) is 4.34 Å². The van der Waals surface area contributed by atoms with Crippen LogP contribution in [0, 0.1) is 0 Å². The minimum absolute atomic E-state index is 0.808. The van der Waals surface area contributed by atoms with Crippen LogP contribution in [0.4, 0.5) is 5.69 Å². The third-order valence-electron chi connectivity index (χ3n) is 5.06. The lowest BCUT2D eigenvalue weighted by atomic mass is 10.3. The van der Waals surface area contributed by atoms with Crippen LogP contribution in [0.25, 0.3) is 0 Å². The van der Waals surface area contributed by atoms with E-state index in [1.165, 1.54) is 10.6 Å². The number of halogens is 1. The molecule has 0 saturated carbocycles. The number of anilines is 1. The van der Waals surface area contributed by atoms with Crippen LogP contribution in [0.1, 0.15) is 4.88 Å². The predicted octanol–water partition coefficient (Wildman–Crippen LogP) is 1.43. The molecule has 0 bridgehead atoms. The van der Waals surface area contributed by atoms with E-state index in [-0.39, 0.29) is 0 Å². The molecule has 1 aromatic rings. The second-order valence-corrected chi connectivity index (χ2v) is 8.63. The number of thiophene rings is 1. The summed E-state index contributed by atoms with van der Waals surface area (Å²) in [5, 5.41) is 4.83. The smallest absolute Gasteiger partial charge is 0.0953 e. The van der Waals surface area contributed by atoms with Crippen molar-refractivity contribution < 1.29 is 4.74 Å². The predicted molar refractivity (Wildman–Crippen MR) is 98.5 cm³/mol. The Hall–Kier alpha value is -0.410. The van der Waals surface area contributed by atoms with Crippen molar-refractivity contribution in [2.24, 2.45) is 0 Å². The summed E-state index contributed by atoms with van der Waals surface area (Å²) in [6.45, 7) is 11.1. The first-order chi connectivity index (χ1) is 11.7. The molecule has 4 heterocycles. The molecule has 24 heavy (non-hydrogen) atoms. The van der Waals surface area contributed by atoms with Gasteiger partial charge in [0.1, 0.15) is 0 Å². The quantitative estimate of drug-likeness (QED) is 0.797. The van der Waals surface area contributed by atoms with Crippen LogP contribution in [0.5, 0.6) is 0 Å². The molecule has 3 aliphatic heterocycles. The minimum atomic E-state index is 0.808. The second-order valence-electron chi connectivity index (χ2n) is 6.86. The number of hydrazine groups is 1. The van der Waals surface area contributed by atoms with Gasteiger partial charge in [0.2, 0.25) is 0 Å². The topological polar surface area (TPSA) is 25.4 Å². The number of ether oxygens (including phenoxy) is 1. The van der Waals surface area contributed by atoms with Gasteiger partial charge in [-0.3, -0.25) is 14.8 Å². The monoisotopic (exact) mass is 371 g/mol. The van der Waals surface area contributed by atoms with E-state index in [2.05, 4.69) is 37.8 Å². The zero-order chi connectivity index (χ0) is 16.5. The third-order valence-corrected chi connectivity index (χ3v) is 6.30. The van der Waals surface area contributed by atoms with Gasteiger partial charge < -0.3 is 9.64 Å². The zero-order valence-corrected chi connectivity index (χ0v) is 15.9. The maximum Gasteiger partial charge on any atom is 0.0953 e. The van der Waals surface area contributed by atoms with Crippen molar-refractivity contribution >= 4 is 28.6 Å². The van der Waals surface area contributed by atoms with E-state index in [0.29, 0.717) is 0 Å². The standard InChI is InChI=1S/C16H26ClN5OS/c1-18-2-4-19(5-3-18)12-20-11-15-14(10-16(17)24-15)22(13-20)21-6-8-23-9-7-21/h10H,2-9,11-13H2,1H3. The number of rotatable bonds is 3. The summed E-state index contributed by atoms with van der Waals surface area (Å²) in [5.41, 5.74) is 1.29. The molecule has 8 heteroatoms. The second kappa shape index (κ2) is 7.45. The summed E-state index contributed by atoms with van der Waals surface area (Å²) in [6, 6.07) is 2.13. The summed E-state index contributed by atoms with van der Waals surface area (Å²) in [6.07, 6.45) is 0. The SMILES string of the molecule is CN1CCN(CN2Cc3sc(Cl)cc3N(N3CCOCC3)C2)CC1. The fourth-order valence-electron chi connectivity index (χ4n) is 3.64. The summed E-state index contributed by atoms with van der Waals surface area (Å²) in [4.78, 5) is 8.89. The van der Waals surface area contributed by atoms with Crippen molar-refractivity contribution in [1.29, 1.82) is 0 Å².